The number of pyridine rings is 1. The third kappa shape index (κ3) is 2.32. The molecule has 1 fully saturated rings. The van der Waals surface area contributed by atoms with Crippen molar-refractivity contribution in [3.63, 3.8) is 0 Å². The molecule has 1 aliphatic rings. The van der Waals surface area contributed by atoms with E-state index in [0.717, 1.165) is 17.1 Å². The van der Waals surface area contributed by atoms with Gasteiger partial charge in [0.05, 0.1) is 6.20 Å². The van der Waals surface area contributed by atoms with Gasteiger partial charge in [-0.1, -0.05) is 13.3 Å². The number of fused-ring (bicyclic) bond motifs is 1. The maximum atomic E-state index is 4.64. The van der Waals surface area contributed by atoms with Crippen LogP contribution in [0.15, 0.2) is 30.9 Å². The first kappa shape index (κ1) is 13.6. The van der Waals surface area contributed by atoms with Gasteiger partial charge in [0.25, 0.3) is 0 Å². The first-order valence-electron chi connectivity index (χ1n) is 8.31. The summed E-state index contributed by atoms with van der Waals surface area (Å²) in [6, 6.07) is 2.33. The maximum absolute atomic E-state index is 4.64. The second-order valence-corrected chi connectivity index (χ2v) is 6.48. The zero-order valence-corrected chi connectivity index (χ0v) is 13.0. The fourth-order valence-electron chi connectivity index (χ4n) is 3.78. The maximum Gasteiger partial charge on any atom is 0.137 e. The molecule has 4 nitrogen and oxygen atoms in total. The van der Waals surface area contributed by atoms with Crippen molar-refractivity contribution < 1.29 is 0 Å². The number of nitrogens with one attached hydrogen (secondary N) is 2. The summed E-state index contributed by atoms with van der Waals surface area (Å²) in [7, 11) is 0. The van der Waals surface area contributed by atoms with Crippen LogP contribution in [0.2, 0.25) is 0 Å². The lowest BCUT2D eigenvalue weighted by atomic mass is 9.78. The van der Waals surface area contributed by atoms with Gasteiger partial charge in [-0.25, -0.2) is 4.98 Å². The van der Waals surface area contributed by atoms with Crippen LogP contribution in [-0.2, 0) is 0 Å². The molecule has 0 aliphatic heterocycles. The Labute approximate surface area is 130 Å². The average molecular weight is 294 g/mol. The van der Waals surface area contributed by atoms with Crippen LogP contribution in [0.3, 0.4) is 0 Å². The van der Waals surface area contributed by atoms with E-state index in [1.807, 2.05) is 18.6 Å². The lowest BCUT2D eigenvalue weighted by molar-refractivity contribution is 0.318. The summed E-state index contributed by atoms with van der Waals surface area (Å²) in [5, 5.41) is 8.15. The Morgan fingerprint density at radius 2 is 2.00 bits per heavy atom. The summed E-state index contributed by atoms with van der Waals surface area (Å²) in [5.41, 5.74) is 4.65. The molecule has 22 heavy (non-hydrogen) atoms. The Morgan fingerprint density at radius 1 is 1.14 bits per heavy atom. The summed E-state index contributed by atoms with van der Waals surface area (Å²) in [6.45, 7) is 2.32. The van der Waals surface area contributed by atoms with E-state index in [1.54, 1.807) is 0 Å². The highest BCUT2D eigenvalue weighted by molar-refractivity contribution is 5.93. The van der Waals surface area contributed by atoms with E-state index in [-0.39, 0.29) is 0 Å². The highest BCUT2D eigenvalue weighted by Crippen LogP contribution is 2.38. The molecule has 3 aromatic rings. The smallest absolute Gasteiger partial charge is 0.137 e. The van der Waals surface area contributed by atoms with E-state index < -0.39 is 0 Å². The molecule has 0 bridgehead atoms. The summed E-state index contributed by atoms with van der Waals surface area (Å²) < 4.78 is 0. The van der Waals surface area contributed by atoms with Crippen LogP contribution in [0.25, 0.3) is 22.2 Å². The third-order valence-electron chi connectivity index (χ3n) is 5.26. The molecule has 3 heterocycles. The standard InChI is InChI=1S/C18H22N4/c1-2-12-3-5-13(6-4-12)14-7-16-17(15-9-21-22-10-15)11-20-18(16)19-8-14/h7-13H,2-6H2,1H3,(H,19,20)(H,21,22). The van der Waals surface area contributed by atoms with Crippen molar-refractivity contribution in [2.24, 2.45) is 5.92 Å². The Kier molecular flexibility index (Phi) is 3.45. The zero-order chi connectivity index (χ0) is 14.9. The summed E-state index contributed by atoms with van der Waals surface area (Å²) >= 11 is 0. The molecule has 0 atom stereocenters. The number of hydrogen-bond donors (Lipinski definition) is 2. The quantitative estimate of drug-likeness (QED) is 0.739. The number of aromatic amines is 2. The van der Waals surface area contributed by atoms with Gasteiger partial charge in [-0.3, -0.25) is 5.10 Å². The molecule has 0 saturated heterocycles. The van der Waals surface area contributed by atoms with Crippen molar-refractivity contribution in [3.05, 3.63) is 36.4 Å². The van der Waals surface area contributed by atoms with Crippen molar-refractivity contribution in [2.75, 3.05) is 0 Å². The molecule has 0 aromatic carbocycles. The van der Waals surface area contributed by atoms with Crippen molar-refractivity contribution >= 4 is 11.0 Å². The Hall–Kier alpha value is -2.10. The van der Waals surface area contributed by atoms with Gasteiger partial charge < -0.3 is 4.98 Å². The second kappa shape index (κ2) is 5.59. The highest BCUT2D eigenvalue weighted by Gasteiger charge is 2.22. The molecule has 114 valence electrons. The number of H-pyrrole nitrogens is 2. The van der Waals surface area contributed by atoms with Crippen LogP contribution < -0.4 is 0 Å². The predicted octanol–water partition coefficient (Wildman–Crippen LogP) is 4.64. The van der Waals surface area contributed by atoms with Gasteiger partial charge in [-0.05, 0) is 49.1 Å². The monoisotopic (exact) mass is 294 g/mol. The predicted molar refractivity (Wildman–Crippen MR) is 88.7 cm³/mol. The average Bonchev–Trinajstić information content (AvgIpc) is 3.23. The molecule has 4 heteroatoms. The van der Waals surface area contributed by atoms with Crippen LogP contribution in [0.4, 0.5) is 0 Å². The Morgan fingerprint density at radius 3 is 2.73 bits per heavy atom. The number of hydrogen-bond acceptors (Lipinski definition) is 2. The minimum atomic E-state index is 0.673. The van der Waals surface area contributed by atoms with Crippen LogP contribution in [0.1, 0.15) is 50.5 Å². The minimum Gasteiger partial charge on any atom is -0.346 e. The summed E-state index contributed by atoms with van der Waals surface area (Å²) in [6.07, 6.45) is 14.5. The second-order valence-electron chi connectivity index (χ2n) is 6.48. The molecular weight excluding hydrogens is 272 g/mol. The Balaban J connectivity index is 1.67. The summed E-state index contributed by atoms with van der Waals surface area (Å²) in [5.74, 6) is 1.61. The van der Waals surface area contributed by atoms with E-state index in [9.17, 15) is 0 Å². The van der Waals surface area contributed by atoms with Crippen molar-refractivity contribution in [1.82, 2.24) is 20.2 Å². The molecule has 1 saturated carbocycles. The van der Waals surface area contributed by atoms with Crippen molar-refractivity contribution in [1.29, 1.82) is 0 Å². The zero-order valence-electron chi connectivity index (χ0n) is 13.0. The topological polar surface area (TPSA) is 57.4 Å². The van der Waals surface area contributed by atoms with Crippen LogP contribution in [0, 0.1) is 5.92 Å². The Bertz CT molecular complexity index is 749. The van der Waals surface area contributed by atoms with E-state index in [0.29, 0.717) is 5.92 Å². The normalized spacial score (nSPS) is 22.2. The van der Waals surface area contributed by atoms with E-state index >= 15 is 0 Å². The molecule has 0 radical (unpaired) electrons. The molecule has 0 amide bonds. The van der Waals surface area contributed by atoms with Gasteiger partial charge in [-0.15, -0.1) is 0 Å². The highest BCUT2D eigenvalue weighted by atomic mass is 15.1. The minimum absolute atomic E-state index is 0.673. The van der Waals surface area contributed by atoms with Gasteiger partial charge in [0, 0.05) is 35.1 Å². The van der Waals surface area contributed by atoms with Gasteiger partial charge in [0.15, 0.2) is 0 Å². The first-order chi connectivity index (χ1) is 10.8. The van der Waals surface area contributed by atoms with Gasteiger partial charge in [0.2, 0.25) is 0 Å². The largest absolute Gasteiger partial charge is 0.346 e. The molecule has 2 N–H and O–H groups in total. The number of aromatic nitrogens is 4. The molecule has 3 aromatic heterocycles. The summed E-state index contributed by atoms with van der Waals surface area (Å²) in [4.78, 5) is 7.91. The van der Waals surface area contributed by atoms with Gasteiger partial charge in [-0.2, -0.15) is 5.10 Å². The lowest BCUT2D eigenvalue weighted by Gasteiger charge is -2.27. The van der Waals surface area contributed by atoms with Crippen molar-refractivity contribution in [3.8, 4) is 11.1 Å². The number of rotatable bonds is 3. The molecule has 4 rings (SSSR count). The SMILES string of the molecule is CCC1CCC(c2cnc3[nH]cc(-c4cn[nH]c4)c3c2)CC1. The molecule has 0 spiro atoms. The van der Waals surface area contributed by atoms with Gasteiger partial charge >= 0.3 is 0 Å². The molecular formula is C18H22N4. The van der Waals surface area contributed by atoms with E-state index in [4.69, 9.17) is 0 Å². The lowest BCUT2D eigenvalue weighted by Crippen LogP contribution is -2.12. The fraction of sp³-hybridized carbons (Fsp3) is 0.444. The first-order valence-corrected chi connectivity index (χ1v) is 8.31. The van der Waals surface area contributed by atoms with Gasteiger partial charge in [0.1, 0.15) is 5.65 Å². The molecule has 0 unspecified atom stereocenters. The van der Waals surface area contributed by atoms with E-state index in [2.05, 4.69) is 39.4 Å². The molecule has 1 aliphatic carbocycles. The van der Waals surface area contributed by atoms with Crippen LogP contribution in [0.5, 0.6) is 0 Å². The number of nitrogens with zero attached hydrogens (tertiary/aromatic N) is 2. The third-order valence-corrected chi connectivity index (χ3v) is 5.26. The fourth-order valence-corrected chi connectivity index (χ4v) is 3.78. The van der Waals surface area contributed by atoms with Crippen LogP contribution >= 0.6 is 0 Å². The van der Waals surface area contributed by atoms with E-state index in [1.165, 1.54) is 48.6 Å². The van der Waals surface area contributed by atoms with Crippen LogP contribution in [-0.4, -0.2) is 20.2 Å². The van der Waals surface area contributed by atoms with Crippen molar-refractivity contribution in [2.45, 2.75) is 44.9 Å².